The number of halogens is 1. The fourth-order valence-electron chi connectivity index (χ4n) is 1.67. The molecule has 0 radical (unpaired) electrons. The minimum atomic E-state index is 0.468. The smallest absolute Gasteiger partial charge is 0.228 e. The van der Waals surface area contributed by atoms with Gasteiger partial charge in [-0.05, 0) is 18.6 Å². The second kappa shape index (κ2) is 6.30. The van der Waals surface area contributed by atoms with Crippen molar-refractivity contribution in [2.75, 3.05) is 6.54 Å². The molecule has 2 aromatic rings. The van der Waals surface area contributed by atoms with Crippen LogP contribution in [0.5, 0.6) is 0 Å². The number of hydrogen-bond acceptors (Lipinski definition) is 4. The van der Waals surface area contributed by atoms with Crippen molar-refractivity contribution in [2.45, 2.75) is 33.2 Å². The Kier molecular flexibility index (Phi) is 4.71. The van der Waals surface area contributed by atoms with Crippen molar-refractivity contribution >= 4 is 15.9 Å². The van der Waals surface area contributed by atoms with Gasteiger partial charge in [-0.2, -0.15) is 4.98 Å². The van der Waals surface area contributed by atoms with Crippen LogP contribution in [0, 0.1) is 6.92 Å². The predicted octanol–water partition coefficient (Wildman–Crippen LogP) is 3.35. The zero-order valence-corrected chi connectivity index (χ0v) is 13.0. The minimum Gasteiger partial charge on any atom is -0.339 e. The summed E-state index contributed by atoms with van der Waals surface area (Å²) in [5.74, 6) is 1.31. The SMILES string of the molecule is Cc1ccc(-c2noc(CCNC(C)C)n2)cc1Br. The first-order chi connectivity index (χ1) is 9.06. The number of aryl methyl sites for hydroxylation is 1. The molecule has 0 aliphatic carbocycles. The molecule has 1 aromatic heterocycles. The average molecular weight is 324 g/mol. The Balaban J connectivity index is 2.05. The first-order valence-corrected chi connectivity index (χ1v) is 7.18. The molecule has 5 heteroatoms. The van der Waals surface area contributed by atoms with E-state index < -0.39 is 0 Å². The van der Waals surface area contributed by atoms with Crippen molar-refractivity contribution in [2.24, 2.45) is 0 Å². The summed E-state index contributed by atoms with van der Waals surface area (Å²) < 4.78 is 6.31. The van der Waals surface area contributed by atoms with Gasteiger partial charge in [0, 0.05) is 29.0 Å². The van der Waals surface area contributed by atoms with E-state index in [1.807, 2.05) is 25.1 Å². The van der Waals surface area contributed by atoms with Crippen LogP contribution in [-0.4, -0.2) is 22.7 Å². The van der Waals surface area contributed by atoms with Gasteiger partial charge in [0.25, 0.3) is 0 Å². The lowest BCUT2D eigenvalue weighted by Gasteiger charge is -2.04. The molecule has 0 saturated carbocycles. The monoisotopic (exact) mass is 323 g/mol. The average Bonchev–Trinajstić information content (AvgIpc) is 2.81. The topological polar surface area (TPSA) is 51.0 Å². The van der Waals surface area contributed by atoms with Crippen molar-refractivity contribution in [3.8, 4) is 11.4 Å². The van der Waals surface area contributed by atoms with Gasteiger partial charge in [0.05, 0.1) is 0 Å². The van der Waals surface area contributed by atoms with Crippen molar-refractivity contribution in [1.29, 1.82) is 0 Å². The zero-order valence-electron chi connectivity index (χ0n) is 11.4. The maximum Gasteiger partial charge on any atom is 0.228 e. The van der Waals surface area contributed by atoms with E-state index in [0.717, 1.165) is 23.0 Å². The molecular formula is C14H18BrN3O. The lowest BCUT2D eigenvalue weighted by atomic mass is 10.1. The van der Waals surface area contributed by atoms with E-state index in [0.29, 0.717) is 17.8 Å². The summed E-state index contributed by atoms with van der Waals surface area (Å²) in [4.78, 5) is 4.41. The van der Waals surface area contributed by atoms with Gasteiger partial charge in [-0.25, -0.2) is 0 Å². The van der Waals surface area contributed by atoms with E-state index >= 15 is 0 Å². The molecule has 102 valence electrons. The number of nitrogens with one attached hydrogen (secondary N) is 1. The van der Waals surface area contributed by atoms with E-state index in [1.165, 1.54) is 5.56 Å². The van der Waals surface area contributed by atoms with E-state index in [1.54, 1.807) is 0 Å². The fourth-order valence-corrected chi connectivity index (χ4v) is 2.05. The largest absolute Gasteiger partial charge is 0.339 e. The predicted molar refractivity (Wildman–Crippen MR) is 79.0 cm³/mol. The first kappa shape index (κ1) is 14.2. The Bertz CT molecular complexity index is 551. The van der Waals surface area contributed by atoms with Gasteiger partial charge < -0.3 is 9.84 Å². The van der Waals surface area contributed by atoms with Gasteiger partial charge in [-0.1, -0.05) is 47.1 Å². The maximum atomic E-state index is 5.25. The van der Waals surface area contributed by atoms with Crippen LogP contribution in [0.2, 0.25) is 0 Å². The number of benzene rings is 1. The molecule has 1 aromatic carbocycles. The molecule has 0 fully saturated rings. The Labute approximate surface area is 121 Å². The van der Waals surface area contributed by atoms with E-state index in [4.69, 9.17) is 4.52 Å². The molecule has 0 spiro atoms. The quantitative estimate of drug-likeness (QED) is 0.916. The highest BCUT2D eigenvalue weighted by atomic mass is 79.9. The molecule has 4 nitrogen and oxygen atoms in total. The Hall–Kier alpha value is -1.20. The van der Waals surface area contributed by atoms with Crippen LogP contribution in [0.1, 0.15) is 25.3 Å². The van der Waals surface area contributed by atoms with Gasteiger partial charge in [0.15, 0.2) is 0 Å². The van der Waals surface area contributed by atoms with Gasteiger partial charge in [0.2, 0.25) is 11.7 Å². The third kappa shape index (κ3) is 3.88. The molecule has 19 heavy (non-hydrogen) atoms. The second-order valence-corrected chi connectivity index (χ2v) is 5.69. The van der Waals surface area contributed by atoms with Crippen LogP contribution in [0.15, 0.2) is 27.2 Å². The van der Waals surface area contributed by atoms with Gasteiger partial charge in [-0.3, -0.25) is 0 Å². The highest BCUT2D eigenvalue weighted by Gasteiger charge is 2.09. The number of rotatable bonds is 5. The molecule has 0 aliphatic heterocycles. The van der Waals surface area contributed by atoms with E-state index in [-0.39, 0.29) is 0 Å². The van der Waals surface area contributed by atoms with Crippen molar-refractivity contribution in [1.82, 2.24) is 15.5 Å². The molecule has 0 unspecified atom stereocenters. The Morgan fingerprint density at radius 1 is 1.37 bits per heavy atom. The first-order valence-electron chi connectivity index (χ1n) is 6.39. The van der Waals surface area contributed by atoms with Crippen LogP contribution >= 0.6 is 15.9 Å². The standard InChI is InChI=1S/C14H18BrN3O/c1-9(2)16-7-6-13-17-14(18-19-13)11-5-4-10(3)12(15)8-11/h4-5,8-9,16H,6-7H2,1-3H3. The summed E-state index contributed by atoms with van der Waals surface area (Å²) in [5.41, 5.74) is 2.15. The van der Waals surface area contributed by atoms with Gasteiger partial charge >= 0.3 is 0 Å². The molecule has 2 rings (SSSR count). The highest BCUT2D eigenvalue weighted by molar-refractivity contribution is 9.10. The number of nitrogens with zero attached hydrogens (tertiary/aromatic N) is 2. The molecule has 1 N–H and O–H groups in total. The van der Waals surface area contributed by atoms with Crippen LogP contribution in [-0.2, 0) is 6.42 Å². The van der Waals surface area contributed by atoms with Crippen molar-refractivity contribution in [3.63, 3.8) is 0 Å². The summed E-state index contributed by atoms with van der Waals surface area (Å²) >= 11 is 3.51. The van der Waals surface area contributed by atoms with Crippen LogP contribution in [0.3, 0.4) is 0 Å². The number of aromatic nitrogens is 2. The van der Waals surface area contributed by atoms with Crippen molar-refractivity contribution in [3.05, 3.63) is 34.1 Å². The van der Waals surface area contributed by atoms with E-state index in [9.17, 15) is 0 Å². The fraction of sp³-hybridized carbons (Fsp3) is 0.429. The third-order valence-corrected chi connectivity index (χ3v) is 3.64. The zero-order chi connectivity index (χ0) is 13.8. The van der Waals surface area contributed by atoms with Gasteiger partial charge in [-0.15, -0.1) is 0 Å². The molecule has 1 heterocycles. The molecule has 0 amide bonds. The summed E-state index contributed by atoms with van der Waals surface area (Å²) in [6.45, 7) is 7.12. The normalized spacial score (nSPS) is 11.2. The van der Waals surface area contributed by atoms with Crippen LogP contribution in [0.25, 0.3) is 11.4 Å². The summed E-state index contributed by atoms with van der Waals surface area (Å²) in [5, 5.41) is 7.34. The Morgan fingerprint density at radius 2 is 2.16 bits per heavy atom. The second-order valence-electron chi connectivity index (χ2n) is 4.83. The van der Waals surface area contributed by atoms with Crippen LogP contribution < -0.4 is 5.32 Å². The molecule has 0 atom stereocenters. The summed E-state index contributed by atoms with van der Waals surface area (Å²) in [6.07, 6.45) is 0.748. The molecular weight excluding hydrogens is 306 g/mol. The number of hydrogen-bond donors (Lipinski definition) is 1. The summed E-state index contributed by atoms with van der Waals surface area (Å²) in [6, 6.07) is 6.52. The molecule has 0 saturated heterocycles. The molecule has 0 bridgehead atoms. The summed E-state index contributed by atoms with van der Waals surface area (Å²) in [7, 11) is 0. The van der Waals surface area contributed by atoms with Crippen molar-refractivity contribution < 1.29 is 4.52 Å². The lowest BCUT2D eigenvalue weighted by molar-refractivity contribution is 0.374. The van der Waals surface area contributed by atoms with Crippen LogP contribution in [0.4, 0.5) is 0 Å². The van der Waals surface area contributed by atoms with Gasteiger partial charge in [0.1, 0.15) is 0 Å². The molecule has 0 aliphatic rings. The lowest BCUT2D eigenvalue weighted by Crippen LogP contribution is -2.25. The minimum absolute atomic E-state index is 0.468. The van der Waals surface area contributed by atoms with E-state index in [2.05, 4.69) is 45.2 Å². The third-order valence-electron chi connectivity index (χ3n) is 2.79. The highest BCUT2D eigenvalue weighted by Crippen LogP contribution is 2.23. The maximum absolute atomic E-state index is 5.25. The Morgan fingerprint density at radius 3 is 2.84 bits per heavy atom.